The van der Waals surface area contributed by atoms with Crippen LogP contribution in [-0.2, 0) is 9.59 Å². The van der Waals surface area contributed by atoms with Gasteiger partial charge in [-0.15, -0.1) is 45.3 Å². The molecule has 392 valence electrons. The van der Waals surface area contributed by atoms with Gasteiger partial charge in [-0.3, -0.25) is 9.59 Å². The molecule has 4 aromatic rings. The normalized spacial score (nSPS) is 15.0. The van der Waals surface area contributed by atoms with Crippen LogP contribution in [0.3, 0.4) is 0 Å². The Morgan fingerprint density at radius 2 is 0.643 bits per heavy atom. The van der Waals surface area contributed by atoms with Gasteiger partial charge in [-0.1, -0.05) is 233 Å². The topological polar surface area (TPSA) is 40.6 Å². The second-order valence-electron chi connectivity index (χ2n) is 21.4. The molecule has 0 aliphatic carbocycles. The Balaban J connectivity index is 1.26. The van der Waals surface area contributed by atoms with Crippen LogP contribution in [0.1, 0.15) is 269 Å². The van der Waals surface area contributed by atoms with E-state index in [1.165, 1.54) is 250 Å². The van der Waals surface area contributed by atoms with Crippen molar-refractivity contribution in [3.63, 3.8) is 0 Å². The Morgan fingerprint density at radius 3 is 0.914 bits per heavy atom. The molecule has 6 rings (SSSR count). The molecule has 0 aromatic carbocycles. The SMILES string of the molecule is CCCCCCCCCCC(CCCCCCCCCC)CN1C(=O)/C(=C2/C(=O)N(CC(CCCCCCCCCC)CCCCCCCCCC)c3c2sc2cc(Br)sc32)c2sc3cc(Br)sc3c21. The average molecular weight is 1160 g/mol. The average Bonchev–Trinajstić information content (AvgIpc) is 4.17. The van der Waals surface area contributed by atoms with Crippen molar-refractivity contribution < 1.29 is 9.59 Å². The second kappa shape index (κ2) is 32.4. The predicted octanol–water partition coefficient (Wildman–Crippen LogP) is 22.7. The maximum Gasteiger partial charge on any atom is 0.260 e. The van der Waals surface area contributed by atoms with Crippen LogP contribution in [0, 0.1) is 11.8 Å². The third-order valence-electron chi connectivity index (χ3n) is 15.5. The van der Waals surface area contributed by atoms with Crippen molar-refractivity contribution in [2.45, 2.75) is 259 Å². The lowest BCUT2D eigenvalue weighted by atomic mass is 9.93. The Hall–Kier alpha value is -1.04. The van der Waals surface area contributed by atoms with Crippen LogP contribution in [0.25, 0.3) is 29.9 Å². The number of hydrogen-bond donors (Lipinski definition) is 0. The van der Waals surface area contributed by atoms with Gasteiger partial charge >= 0.3 is 0 Å². The molecule has 0 N–H and O–H groups in total. The maximum absolute atomic E-state index is 15.6. The fraction of sp³-hybridized carbons (Fsp3) is 0.733. The summed E-state index contributed by atoms with van der Waals surface area (Å²) in [5.41, 5.74) is 3.52. The van der Waals surface area contributed by atoms with Crippen molar-refractivity contribution in [2.24, 2.45) is 11.8 Å². The minimum atomic E-state index is 0.0630. The molecule has 2 amide bonds. The zero-order valence-corrected chi connectivity index (χ0v) is 50.7. The number of halogens is 2. The summed E-state index contributed by atoms with van der Waals surface area (Å²) >= 11 is 14.6. The maximum atomic E-state index is 15.6. The second-order valence-corrected chi connectivity index (χ2v) is 28.4. The van der Waals surface area contributed by atoms with Crippen LogP contribution in [0.15, 0.2) is 19.7 Å². The molecule has 4 nitrogen and oxygen atoms in total. The van der Waals surface area contributed by atoms with Gasteiger partial charge in [0.15, 0.2) is 0 Å². The van der Waals surface area contributed by atoms with Crippen LogP contribution in [0.5, 0.6) is 0 Å². The molecule has 0 spiro atoms. The van der Waals surface area contributed by atoms with E-state index in [0.717, 1.165) is 41.8 Å². The van der Waals surface area contributed by atoms with Gasteiger partial charge in [0, 0.05) is 22.5 Å². The molecule has 0 atom stereocenters. The standard InChI is InChI=1S/C60H92Br2N2O2S4/c1-5-9-13-17-21-25-29-33-37-45(38-34-30-26-22-18-14-10-6-2)43-63-53-55-47(41-49(61)69-55)67-57(53)51(59(63)65)52-58-54(56-48(68-58)42-50(62)70-56)64(60(52)66)44-46(39-35-31-27-23-19-15-11-7-3)40-36-32-28-24-20-16-12-8-4/h41-42,45-46H,5-40,43-44H2,1-4H3/b52-51+. The Labute approximate surface area is 459 Å². The first-order valence-electron chi connectivity index (χ1n) is 29.1. The molecule has 2 aliphatic rings. The highest BCUT2D eigenvalue weighted by molar-refractivity contribution is 9.11. The monoisotopic (exact) mass is 1160 g/mol. The quantitative estimate of drug-likeness (QED) is 0.0329. The number of anilines is 2. The van der Waals surface area contributed by atoms with E-state index >= 15 is 9.59 Å². The number of thiophene rings is 4. The first kappa shape index (κ1) is 58.2. The number of rotatable bonds is 40. The lowest BCUT2D eigenvalue weighted by Crippen LogP contribution is -2.34. The Bertz CT molecular complexity index is 1990. The van der Waals surface area contributed by atoms with Gasteiger partial charge in [0.1, 0.15) is 0 Å². The lowest BCUT2D eigenvalue weighted by Gasteiger charge is -2.25. The zero-order chi connectivity index (χ0) is 49.5. The smallest absolute Gasteiger partial charge is 0.260 e. The number of carbonyl (C=O) groups excluding carboxylic acids is 2. The minimum absolute atomic E-state index is 0.0630. The number of amides is 2. The first-order valence-corrected chi connectivity index (χ1v) is 34.0. The van der Waals surface area contributed by atoms with Gasteiger partial charge in [0.25, 0.3) is 11.8 Å². The lowest BCUT2D eigenvalue weighted by molar-refractivity contribution is -0.114. The summed E-state index contributed by atoms with van der Waals surface area (Å²) < 4.78 is 7.04. The number of nitrogens with zero attached hydrogens (tertiary/aromatic N) is 2. The molecule has 2 aliphatic heterocycles. The molecule has 0 radical (unpaired) electrons. The van der Waals surface area contributed by atoms with Gasteiger partial charge in [0.2, 0.25) is 0 Å². The van der Waals surface area contributed by atoms with E-state index in [1.807, 2.05) is 0 Å². The minimum Gasteiger partial charge on any atom is -0.305 e. The van der Waals surface area contributed by atoms with Gasteiger partial charge in [-0.2, -0.15) is 0 Å². The number of unbranched alkanes of at least 4 members (excludes halogenated alkanes) is 28. The molecular formula is C60H92Br2N2O2S4. The van der Waals surface area contributed by atoms with Crippen molar-refractivity contribution >= 4 is 130 Å². The van der Waals surface area contributed by atoms with Crippen LogP contribution in [0.4, 0.5) is 11.4 Å². The van der Waals surface area contributed by atoms with Gasteiger partial charge in [-0.25, -0.2) is 0 Å². The summed E-state index contributed by atoms with van der Waals surface area (Å²) in [5, 5.41) is 0. The van der Waals surface area contributed by atoms with E-state index in [4.69, 9.17) is 0 Å². The summed E-state index contributed by atoms with van der Waals surface area (Å²) in [5.74, 6) is 1.02. The van der Waals surface area contributed by atoms with Crippen molar-refractivity contribution in [3.8, 4) is 0 Å². The first-order chi connectivity index (χ1) is 34.3. The third kappa shape index (κ3) is 17.0. The summed E-state index contributed by atoms with van der Waals surface area (Å²) in [4.78, 5) is 37.5. The van der Waals surface area contributed by atoms with E-state index in [0.29, 0.717) is 23.0 Å². The highest BCUT2D eigenvalue weighted by Crippen LogP contribution is 2.58. The molecule has 0 bridgehead atoms. The molecule has 0 saturated heterocycles. The van der Waals surface area contributed by atoms with E-state index in [1.54, 1.807) is 45.3 Å². The zero-order valence-electron chi connectivity index (χ0n) is 44.3. The van der Waals surface area contributed by atoms with Crippen molar-refractivity contribution in [3.05, 3.63) is 29.5 Å². The van der Waals surface area contributed by atoms with Crippen LogP contribution < -0.4 is 9.80 Å². The Kier molecular flexibility index (Phi) is 27.0. The van der Waals surface area contributed by atoms with Crippen LogP contribution >= 0.6 is 77.2 Å². The highest BCUT2D eigenvalue weighted by Gasteiger charge is 2.47. The van der Waals surface area contributed by atoms with Gasteiger partial charge in [0.05, 0.1) is 49.2 Å². The predicted molar refractivity (Wildman–Crippen MR) is 322 cm³/mol. The van der Waals surface area contributed by atoms with Crippen molar-refractivity contribution in [2.75, 3.05) is 22.9 Å². The molecular weight excluding hydrogens is 1070 g/mol. The molecule has 10 heteroatoms. The fourth-order valence-corrected chi connectivity index (χ4v) is 18.0. The Morgan fingerprint density at radius 1 is 0.386 bits per heavy atom. The summed E-state index contributed by atoms with van der Waals surface area (Å²) in [6.07, 6.45) is 46.9. The van der Waals surface area contributed by atoms with Crippen LogP contribution in [0.2, 0.25) is 0 Å². The largest absolute Gasteiger partial charge is 0.305 e. The van der Waals surface area contributed by atoms with E-state index in [2.05, 4.69) is 81.5 Å². The fourth-order valence-electron chi connectivity index (χ4n) is 11.4. The summed E-state index contributed by atoms with van der Waals surface area (Å²) in [6, 6.07) is 4.47. The molecule has 4 aromatic heterocycles. The van der Waals surface area contributed by atoms with Gasteiger partial charge < -0.3 is 9.80 Å². The summed E-state index contributed by atoms with van der Waals surface area (Å²) in [7, 11) is 0. The molecule has 0 saturated carbocycles. The number of fused-ring (bicyclic) bond motifs is 6. The van der Waals surface area contributed by atoms with Crippen LogP contribution in [-0.4, -0.2) is 24.9 Å². The van der Waals surface area contributed by atoms with E-state index in [-0.39, 0.29) is 11.8 Å². The van der Waals surface area contributed by atoms with Gasteiger partial charge in [-0.05, 0) is 81.5 Å². The van der Waals surface area contributed by atoms with E-state index in [9.17, 15) is 0 Å². The highest BCUT2D eigenvalue weighted by atomic mass is 79.9. The van der Waals surface area contributed by atoms with E-state index < -0.39 is 0 Å². The summed E-state index contributed by atoms with van der Waals surface area (Å²) in [6.45, 7) is 10.7. The van der Waals surface area contributed by atoms with Crippen molar-refractivity contribution in [1.29, 1.82) is 0 Å². The molecule has 0 fully saturated rings. The third-order valence-corrected chi connectivity index (χ3v) is 21.4. The number of carbonyl (C=O) groups is 2. The molecule has 6 heterocycles. The number of hydrogen-bond acceptors (Lipinski definition) is 6. The molecule has 0 unspecified atom stereocenters. The molecule has 70 heavy (non-hydrogen) atoms. The van der Waals surface area contributed by atoms with Crippen molar-refractivity contribution in [1.82, 2.24) is 0 Å².